The minimum absolute atomic E-state index is 0.137. The fourth-order valence-corrected chi connectivity index (χ4v) is 4.52. The van der Waals surface area contributed by atoms with Crippen LogP contribution in [0.3, 0.4) is 0 Å². The first-order valence-corrected chi connectivity index (χ1v) is 10.1. The van der Waals surface area contributed by atoms with Crippen molar-refractivity contribution in [1.82, 2.24) is 10.0 Å². The lowest BCUT2D eigenvalue weighted by Crippen LogP contribution is -2.35. The molecule has 11 heteroatoms. The highest BCUT2D eigenvalue weighted by molar-refractivity contribution is 7.92. The molecule has 0 spiro atoms. The molecule has 2 aliphatic rings. The van der Waals surface area contributed by atoms with E-state index in [1.165, 1.54) is 6.07 Å². The summed E-state index contributed by atoms with van der Waals surface area (Å²) in [5.41, 5.74) is -0.385. The Kier molecular flexibility index (Phi) is 4.90. The molecule has 1 unspecified atom stereocenters. The molecule has 0 saturated carbocycles. The molecule has 1 heterocycles. The third-order valence-corrected chi connectivity index (χ3v) is 5.80. The number of nitrogens with zero attached hydrogens (tertiary/aromatic N) is 1. The number of aromatic hydroxyl groups is 1. The Morgan fingerprint density at radius 1 is 1.43 bits per heavy atom. The predicted molar refractivity (Wildman–Crippen MR) is 97.6 cm³/mol. The van der Waals surface area contributed by atoms with Crippen LogP contribution in [0.15, 0.2) is 6.07 Å². The normalized spacial score (nSPS) is 20.6. The molecule has 1 saturated heterocycles. The van der Waals surface area contributed by atoms with Gasteiger partial charge in [-0.2, -0.15) is 8.42 Å². The van der Waals surface area contributed by atoms with Gasteiger partial charge >= 0.3 is 16.3 Å². The first-order valence-electron chi connectivity index (χ1n) is 8.71. The van der Waals surface area contributed by atoms with Crippen LogP contribution < -0.4 is 14.3 Å². The molecule has 1 aromatic rings. The average molecular weight is 415 g/mol. The van der Waals surface area contributed by atoms with Crippen molar-refractivity contribution < 1.29 is 32.2 Å². The molecule has 3 N–H and O–H groups in total. The molecule has 0 aromatic heterocycles. The van der Waals surface area contributed by atoms with E-state index < -0.39 is 51.6 Å². The number of carbonyl (C=O) groups is 2. The zero-order valence-electron chi connectivity index (χ0n) is 15.7. The van der Waals surface area contributed by atoms with E-state index in [9.17, 15) is 23.1 Å². The van der Waals surface area contributed by atoms with Gasteiger partial charge in [-0.1, -0.05) is 0 Å². The average Bonchev–Trinajstić information content (AvgIpc) is 3.04. The third-order valence-electron chi connectivity index (χ3n) is 4.42. The van der Waals surface area contributed by atoms with Crippen LogP contribution in [0.1, 0.15) is 31.9 Å². The van der Waals surface area contributed by atoms with Crippen LogP contribution in [0.25, 0.3) is 0 Å². The summed E-state index contributed by atoms with van der Waals surface area (Å²) in [7, 11) is -4.24. The van der Waals surface area contributed by atoms with Gasteiger partial charge in [0.15, 0.2) is 5.82 Å². The number of alkyl carbamates (subject to hydrolysis) is 1. The summed E-state index contributed by atoms with van der Waals surface area (Å²) in [5, 5.41) is 12.8. The van der Waals surface area contributed by atoms with E-state index in [0.717, 1.165) is 0 Å². The van der Waals surface area contributed by atoms with Crippen molar-refractivity contribution in [1.29, 1.82) is 0 Å². The molecule has 154 valence electrons. The molecule has 28 heavy (non-hydrogen) atoms. The Hall–Kier alpha value is -2.56. The van der Waals surface area contributed by atoms with Gasteiger partial charge in [0, 0.05) is 6.54 Å². The number of amides is 2. The first kappa shape index (κ1) is 20.2. The van der Waals surface area contributed by atoms with Crippen LogP contribution in [0.2, 0.25) is 0 Å². The predicted octanol–water partition coefficient (Wildman–Crippen LogP) is 0.952. The molecule has 2 amide bonds. The number of rotatable bonds is 3. The van der Waals surface area contributed by atoms with Crippen LogP contribution >= 0.6 is 0 Å². The summed E-state index contributed by atoms with van der Waals surface area (Å²) in [6, 6.07) is 1.31. The van der Waals surface area contributed by atoms with Gasteiger partial charge in [0.25, 0.3) is 5.91 Å². The van der Waals surface area contributed by atoms with Crippen molar-refractivity contribution in [3.63, 3.8) is 0 Å². The molecular weight excluding hydrogens is 393 g/mol. The fourth-order valence-electron chi connectivity index (χ4n) is 3.36. The van der Waals surface area contributed by atoms with Crippen molar-refractivity contribution in [3.05, 3.63) is 23.0 Å². The Bertz CT molecular complexity index is 941. The molecule has 1 atom stereocenters. The molecule has 3 rings (SSSR count). The number of ether oxygens (including phenoxy) is 1. The van der Waals surface area contributed by atoms with Crippen molar-refractivity contribution in [3.8, 4) is 5.75 Å². The summed E-state index contributed by atoms with van der Waals surface area (Å²) < 4.78 is 46.4. The summed E-state index contributed by atoms with van der Waals surface area (Å²) >= 11 is 0. The van der Waals surface area contributed by atoms with Crippen molar-refractivity contribution >= 4 is 27.9 Å². The van der Waals surface area contributed by atoms with Crippen LogP contribution in [0, 0.1) is 11.7 Å². The minimum Gasteiger partial charge on any atom is -0.506 e. The van der Waals surface area contributed by atoms with Gasteiger partial charge in [0.05, 0.1) is 0 Å². The topological polar surface area (TPSA) is 125 Å². The van der Waals surface area contributed by atoms with Gasteiger partial charge in [0.1, 0.15) is 23.6 Å². The zero-order valence-corrected chi connectivity index (χ0v) is 16.5. The largest absolute Gasteiger partial charge is 0.506 e. The standard InChI is InChI=1S/C17H22FN3O6S/c1-17(2,3)27-16(24)19-7-9-4-10-6-12(22)15(14(18)11(10)5-9)21-8-13(23)20-28(21,25)26/h6,9,22H,4-5,7-8H2,1-3H3,(H,19,24)(H,20,23). The fraction of sp³-hybridized carbons (Fsp3) is 0.529. The number of fused-ring (bicyclic) bond motifs is 1. The van der Waals surface area contributed by atoms with Crippen LogP contribution in [0.4, 0.5) is 14.9 Å². The van der Waals surface area contributed by atoms with Gasteiger partial charge < -0.3 is 15.2 Å². The molecule has 1 aromatic carbocycles. The zero-order chi connectivity index (χ0) is 20.9. The molecule has 1 fully saturated rings. The van der Waals surface area contributed by atoms with Crippen molar-refractivity contribution in [2.24, 2.45) is 5.92 Å². The van der Waals surface area contributed by atoms with Crippen LogP contribution in [-0.2, 0) is 32.6 Å². The van der Waals surface area contributed by atoms with E-state index in [-0.39, 0.29) is 24.4 Å². The number of nitrogens with one attached hydrogen (secondary N) is 2. The summed E-state index contributed by atoms with van der Waals surface area (Å²) in [6.07, 6.45) is 0.0690. The third kappa shape index (κ3) is 3.98. The smallest absolute Gasteiger partial charge is 0.407 e. The minimum atomic E-state index is -4.24. The quantitative estimate of drug-likeness (QED) is 0.675. The molecule has 1 aliphatic heterocycles. The van der Waals surface area contributed by atoms with E-state index in [1.54, 1.807) is 25.5 Å². The summed E-state index contributed by atoms with van der Waals surface area (Å²) in [5.74, 6) is -2.38. The highest BCUT2D eigenvalue weighted by Gasteiger charge is 2.39. The van der Waals surface area contributed by atoms with Crippen molar-refractivity contribution in [2.75, 3.05) is 17.4 Å². The number of hydrogen-bond acceptors (Lipinski definition) is 6. The molecule has 1 aliphatic carbocycles. The number of anilines is 1. The van der Waals surface area contributed by atoms with Gasteiger partial charge in [-0.05, 0) is 56.7 Å². The van der Waals surface area contributed by atoms with E-state index in [4.69, 9.17) is 4.74 Å². The second-order valence-electron chi connectivity index (χ2n) is 7.89. The number of phenols is 1. The van der Waals surface area contributed by atoms with E-state index in [1.807, 2.05) is 0 Å². The van der Waals surface area contributed by atoms with Crippen LogP contribution in [0.5, 0.6) is 5.75 Å². The lowest BCUT2D eigenvalue weighted by atomic mass is 10.1. The Balaban J connectivity index is 1.77. The van der Waals surface area contributed by atoms with Crippen LogP contribution in [-0.4, -0.2) is 44.2 Å². The molecule has 0 radical (unpaired) electrons. The number of halogens is 1. The monoisotopic (exact) mass is 415 g/mol. The lowest BCUT2D eigenvalue weighted by Gasteiger charge is -2.20. The maximum atomic E-state index is 15.0. The number of hydrogen-bond donors (Lipinski definition) is 3. The maximum Gasteiger partial charge on any atom is 0.407 e. The molecule has 9 nitrogen and oxygen atoms in total. The highest BCUT2D eigenvalue weighted by Crippen LogP contribution is 2.41. The highest BCUT2D eigenvalue weighted by atomic mass is 32.2. The Labute approximate surface area is 162 Å². The molecular formula is C17H22FN3O6S. The summed E-state index contributed by atoms with van der Waals surface area (Å²) in [4.78, 5) is 23.2. The lowest BCUT2D eigenvalue weighted by molar-refractivity contribution is -0.117. The van der Waals surface area contributed by atoms with E-state index >= 15 is 4.39 Å². The van der Waals surface area contributed by atoms with Gasteiger partial charge in [0.2, 0.25) is 0 Å². The number of benzene rings is 1. The number of carbonyl (C=O) groups excluding carboxylic acids is 2. The SMILES string of the molecule is CC(C)(C)OC(=O)NCC1Cc2cc(O)c(N3CC(=O)NS3(=O)=O)c(F)c2C1. The maximum absolute atomic E-state index is 15.0. The molecule has 0 bridgehead atoms. The Morgan fingerprint density at radius 3 is 2.68 bits per heavy atom. The second kappa shape index (κ2) is 6.80. The van der Waals surface area contributed by atoms with Gasteiger partial charge in [-0.15, -0.1) is 0 Å². The summed E-state index contributed by atoms with van der Waals surface area (Å²) in [6.45, 7) is 4.85. The Morgan fingerprint density at radius 2 is 2.11 bits per heavy atom. The van der Waals surface area contributed by atoms with Gasteiger partial charge in [-0.25, -0.2) is 18.2 Å². The van der Waals surface area contributed by atoms with Gasteiger partial charge in [-0.3, -0.25) is 4.79 Å². The number of phenolic OH excluding ortho intramolecular Hbond substituents is 1. The van der Waals surface area contributed by atoms with E-state index in [2.05, 4.69) is 5.32 Å². The van der Waals surface area contributed by atoms with Crippen molar-refractivity contribution in [2.45, 2.75) is 39.2 Å². The second-order valence-corrected chi connectivity index (χ2v) is 9.48. The first-order chi connectivity index (χ1) is 12.9. The van der Waals surface area contributed by atoms with E-state index in [0.29, 0.717) is 16.3 Å².